The van der Waals surface area contributed by atoms with Crippen molar-refractivity contribution in [2.75, 3.05) is 19.8 Å². The topological polar surface area (TPSA) is 30.5 Å². The number of hydrogen-bond acceptors (Lipinski definition) is 3. The summed E-state index contributed by atoms with van der Waals surface area (Å²) in [6, 6.07) is 0.646. The van der Waals surface area contributed by atoms with Crippen molar-refractivity contribution in [3.63, 3.8) is 0 Å². The smallest absolute Gasteiger partial charge is 0.0700 e. The molecule has 0 aromatic rings. The van der Waals surface area contributed by atoms with Gasteiger partial charge in [0.15, 0.2) is 0 Å². The Bertz CT molecular complexity index is 180. The van der Waals surface area contributed by atoms with E-state index in [-0.39, 0.29) is 0 Å². The van der Waals surface area contributed by atoms with Gasteiger partial charge in [0, 0.05) is 25.8 Å². The van der Waals surface area contributed by atoms with Crippen molar-refractivity contribution in [3.8, 4) is 0 Å². The zero-order valence-corrected chi connectivity index (χ0v) is 9.71. The summed E-state index contributed by atoms with van der Waals surface area (Å²) < 4.78 is 11.3. The summed E-state index contributed by atoms with van der Waals surface area (Å²) in [4.78, 5) is 0. The molecular formula is C12H23NO2. The van der Waals surface area contributed by atoms with E-state index in [2.05, 4.69) is 12.2 Å². The molecule has 0 saturated carbocycles. The van der Waals surface area contributed by atoms with Crippen LogP contribution in [0.3, 0.4) is 0 Å². The molecule has 1 N–H and O–H groups in total. The normalized spacial score (nSPS) is 37.0. The Labute approximate surface area is 92.5 Å². The summed E-state index contributed by atoms with van der Waals surface area (Å²) in [5.74, 6) is 0. The first-order chi connectivity index (χ1) is 7.38. The van der Waals surface area contributed by atoms with Gasteiger partial charge in [-0.3, -0.25) is 0 Å². The van der Waals surface area contributed by atoms with Crippen LogP contribution in [0, 0.1) is 0 Å². The molecular weight excluding hydrogens is 190 g/mol. The highest BCUT2D eigenvalue weighted by molar-refractivity contribution is 4.78. The van der Waals surface area contributed by atoms with Crippen molar-refractivity contribution in [2.45, 2.75) is 57.3 Å². The lowest BCUT2D eigenvalue weighted by molar-refractivity contribution is -0.00269. The molecule has 3 heteroatoms. The zero-order chi connectivity index (χ0) is 10.5. The van der Waals surface area contributed by atoms with Gasteiger partial charge in [-0.25, -0.2) is 0 Å². The van der Waals surface area contributed by atoms with E-state index >= 15 is 0 Å². The Morgan fingerprint density at radius 2 is 2.00 bits per heavy atom. The summed E-state index contributed by atoms with van der Waals surface area (Å²) in [6.07, 6.45) is 6.86. The number of nitrogens with one attached hydrogen (secondary N) is 1. The van der Waals surface area contributed by atoms with Crippen LogP contribution in [0.4, 0.5) is 0 Å². The number of ether oxygens (including phenoxy) is 2. The maximum Gasteiger partial charge on any atom is 0.0700 e. The van der Waals surface area contributed by atoms with Crippen molar-refractivity contribution >= 4 is 0 Å². The van der Waals surface area contributed by atoms with E-state index in [9.17, 15) is 0 Å². The zero-order valence-electron chi connectivity index (χ0n) is 9.71. The summed E-state index contributed by atoms with van der Waals surface area (Å²) in [5.41, 5.74) is 0. The molecule has 3 nitrogen and oxygen atoms in total. The Hall–Kier alpha value is -0.120. The van der Waals surface area contributed by atoms with Crippen molar-refractivity contribution < 1.29 is 9.47 Å². The van der Waals surface area contributed by atoms with E-state index in [1.165, 1.54) is 19.3 Å². The lowest BCUT2D eigenvalue weighted by atomic mass is 10.0. The van der Waals surface area contributed by atoms with E-state index in [0.29, 0.717) is 18.2 Å². The second kappa shape index (κ2) is 5.83. The largest absolute Gasteiger partial charge is 0.378 e. The van der Waals surface area contributed by atoms with Crippen molar-refractivity contribution in [1.82, 2.24) is 5.32 Å². The first kappa shape index (κ1) is 11.4. The average molecular weight is 213 g/mol. The van der Waals surface area contributed by atoms with E-state index in [0.717, 1.165) is 32.6 Å². The van der Waals surface area contributed by atoms with Gasteiger partial charge in [0.25, 0.3) is 0 Å². The Morgan fingerprint density at radius 1 is 1.13 bits per heavy atom. The van der Waals surface area contributed by atoms with Gasteiger partial charge in [-0.15, -0.1) is 0 Å². The van der Waals surface area contributed by atoms with Gasteiger partial charge in [-0.05, 0) is 32.1 Å². The standard InChI is InChI=1S/C12H23NO2/c1-2-11-8-10(5-7-15-11)13-9-12-4-3-6-14-12/h10-13H,2-9H2,1H3. The first-order valence-electron chi connectivity index (χ1n) is 6.35. The van der Waals surface area contributed by atoms with Crippen LogP contribution < -0.4 is 5.32 Å². The van der Waals surface area contributed by atoms with Crippen LogP contribution in [0.1, 0.15) is 39.0 Å². The van der Waals surface area contributed by atoms with Crippen LogP contribution in [0.2, 0.25) is 0 Å². The molecule has 0 aliphatic carbocycles. The quantitative estimate of drug-likeness (QED) is 0.771. The maximum atomic E-state index is 5.66. The summed E-state index contributed by atoms with van der Waals surface area (Å²) >= 11 is 0. The van der Waals surface area contributed by atoms with E-state index in [1.54, 1.807) is 0 Å². The van der Waals surface area contributed by atoms with Gasteiger partial charge < -0.3 is 14.8 Å². The Kier molecular flexibility index (Phi) is 4.42. The molecule has 2 fully saturated rings. The fourth-order valence-electron chi connectivity index (χ4n) is 2.45. The van der Waals surface area contributed by atoms with Crippen LogP contribution in [0.5, 0.6) is 0 Å². The predicted octanol–water partition coefficient (Wildman–Crippen LogP) is 1.71. The lowest BCUT2D eigenvalue weighted by Crippen LogP contribution is -2.41. The molecule has 2 aliphatic rings. The Balaban J connectivity index is 1.65. The molecule has 0 aromatic carbocycles. The fraction of sp³-hybridized carbons (Fsp3) is 1.00. The number of rotatable bonds is 4. The minimum atomic E-state index is 0.466. The van der Waals surface area contributed by atoms with Crippen LogP contribution in [0.25, 0.3) is 0 Å². The lowest BCUT2D eigenvalue weighted by Gasteiger charge is -2.30. The highest BCUT2D eigenvalue weighted by Crippen LogP contribution is 2.17. The SMILES string of the molecule is CCC1CC(NCC2CCCO2)CCO1. The molecule has 15 heavy (non-hydrogen) atoms. The third kappa shape index (κ3) is 3.44. The van der Waals surface area contributed by atoms with Gasteiger partial charge in [0.05, 0.1) is 12.2 Å². The minimum absolute atomic E-state index is 0.466. The average Bonchev–Trinajstić information content (AvgIpc) is 2.79. The molecule has 2 rings (SSSR count). The van der Waals surface area contributed by atoms with Crippen molar-refractivity contribution in [3.05, 3.63) is 0 Å². The molecule has 88 valence electrons. The van der Waals surface area contributed by atoms with Gasteiger partial charge in [-0.2, -0.15) is 0 Å². The second-order valence-electron chi connectivity index (χ2n) is 4.67. The van der Waals surface area contributed by atoms with E-state index < -0.39 is 0 Å². The molecule has 0 radical (unpaired) electrons. The third-order valence-corrected chi connectivity index (χ3v) is 3.48. The molecule has 0 spiro atoms. The highest BCUT2D eigenvalue weighted by Gasteiger charge is 2.22. The fourth-order valence-corrected chi connectivity index (χ4v) is 2.45. The molecule has 3 atom stereocenters. The number of hydrogen-bond donors (Lipinski definition) is 1. The van der Waals surface area contributed by atoms with Crippen LogP contribution in [-0.4, -0.2) is 38.0 Å². The molecule has 3 unspecified atom stereocenters. The second-order valence-corrected chi connectivity index (χ2v) is 4.67. The van der Waals surface area contributed by atoms with E-state index in [1.807, 2.05) is 0 Å². The van der Waals surface area contributed by atoms with Gasteiger partial charge >= 0.3 is 0 Å². The molecule has 2 saturated heterocycles. The molecule has 0 aromatic heterocycles. The highest BCUT2D eigenvalue weighted by atomic mass is 16.5. The van der Waals surface area contributed by atoms with Crippen molar-refractivity contribution in [1.29, 1.82) is 0 Å². The first-order valence-corrected chi connectivity index (χ1v) is 6.35. The third-order valence-electron chi connectivity index (χ3n) is 3.48. The molecule has 2 aliphatic heterocycles. The Morgan fingerprint density at radius 3 is 2.73 bits per heavy atom. The molecule has 0 amide bonds. The summed E-state index contributed by atoms with van der Waals surface area (Å²) in [5, 5.41) is 3.62. The van der Waals surface area contributed by atoms with Gasteiger partial charge in [0.1, 0.15) is 0 Å². The maximum absolute atomic E-state index is 5.66. The van der Waals surface area contributed by atoms with Crippen molar-refractivity contribution in [2.24, 2.45) is 0 Å². The molecule has 0 bridgehead atoms. The predicted molar refractivity (Wildman–Crippen MR) is 60.0 cm³/mol. The van der Waals surface area contributed by atoms with E-state index in [4.69, 9.17) is 9.47 Å². The monoisotopic (exact) mass is 213 g/mol. The minimum Gasteiger partial charge on any atom is -0.378 e. The van der Waals surface area contributed by atoms with Crippen LogP contribution in [0.15, 0.2) is 0 Å². The van der Waals surface area contributed by atoms with Crippen LogP contribution >= 0.6 is 0 Å². The van der Waals surface area contributed by atoms with Crippen LogP contribution in [-0.2, 0) is 9.47 Å². The summed E-state index contributed by atoms with van der Waals surface area (Å²) in [7, 11) is 0. The van der Waals surface area contributed by atoms with Gasteiger partial charge in [-0.1, -0.05) is 6.92 Å². The summed E-state index contributed by atoms with van der Waals surface area (Å²) in [6.45, 7) is 5.10. The van der Waals surface area contributed by atoms with Gasteiger partial charge in [0.2, 0.25) is 0 Å². The molecule has 2 heterocycles.